The Balaban J connectivity index is 1.34. The second-order valence-electron chi connectivity index (χ2n) is 10.6. The van der Waals surface area contributed by atoms with Crippen LogP contribution in [0.3, 0.4) is 0 Å². The predicted molar refractivity (Wildman–Crippen MR) is 193 cm³/mol. The first-order valence-corrected chi connectivity index (χ1v) is 16.4. The number of carbonyl (C=O) groups is 3. The number of hydrogen-bond donors (Lipinski definition) is 3. The van der Waals surface area contributed by atoms with Crippen LogP contribution >= 0.6 is 27.7 Å². The maximum atomic E-state index is 13.6. The minimum atomic E-state index is -0.682. The Kier molecular flexibility index (Phi) is 11.2. The quantitative estimate of drug-likeness (QED) is 0.0543. The topological polar surface area (TPSA) is 130 Å². The summed E-state index contributed by atoms with van der Waals surface area (Å²) in [5.74, 6) is -1.29. The van der Waals surface area contributed by atoms with Crippen molar-refractivity contribution < 1.29 is 19.3 Å². The van der Waals surface area contributed by atoms with Crippen LogP contribution in [-0.2, 0) is 9.59 Å². The molecule has 0 saturated heterocycles. The van der Waals surface area contributed by atoms with Crippen molar-refractivity contribution in [2.45, 2.75) is 17.1 Å². The average Bonchev–Trinajstić information content (AvgIpc) is 3.09. The molecule has 3 N–H and O–H groups in total. The van der Waals surface area contributed by atoms with E-state index in [1.165, 1.54) is 23.9 Å². The molecular formula is C37H29BrN4O5S. The van der Waals surface area contributed by atoms with Crippen LogP contribution in [0.2, 0.25) is 0 Å². The van der Waals surface area contributed by atoms with Crippen molar-refractivity contribution in [3.63, 3.8) is 0 Å². The first kappa shape index (κ1) is 33.8. The summed E-state index contributed by atoms with van der Waals surface area (Å²) in [5, 5.41) is 19.1. The molecule has 0 spiro atoms. The number of thioether (sulfide) groups is 1. The second-order valence-corrected chi connectivity index (χ2v) is 12.7. The first-order valence-electron chi connectivity index (χ1n) is 14.7. The van der Waals surface area contributed by atoms with Crippen molar-refractivity contribution in [3.05, 3.63) is 170 Å². The molecule has 0 saturated carbocycles. The highest BCUT2D eigenvalue weighted by molar-refractivity contribution is 9.10. The molecule has 1 unspecified atom stereocenters. The highest BCUT2D eigenvalue weighted by atomic mass is 79.9. The molecule has 5 aromatic rings. The minimum absolute atomic E-state index is 0.0534. The number of nitrogens with zero attached hydrogens (tertiary/aromatic N) is 1. The lowest BCUT2D eigenvalue weighted by Gasteiger charge is -2.18. The molecule has 0 aliphatic heterocycles. The molecule has 9 nitrogen and oxygen atoms in total. The Bertz CT molecular complexity index is 1990. The fourth-order valence-electron chi connectivity index (χ4n) is 4.61. The van der Waals surface area contributed by atoms with E-state index in [2.05, 4.69) is 31.9 Å². The summed E-state index contributed by atoms with van der Waals surface area (Å²) in [6, 6.07) is 36.5. The number of halogens is 1. The van der Waals surface area contributed by atoms with Gasteiger partial charge in [0.15, 0.2) is 0 Å². The van der Waals surface area contributed by atoms with E-state index in [9.17, 15) is 24.5 Å². The Morgan fingerprint density at radius 1 is 0.812 bits per heavy atom. The third-order valence-electron chi connectivity index (χ3n) is 7.08. The van der Waals surface area contributed by atoms with Crippen LogP contribution < -0.4 is 16.0 Å². The normalized spacial score (nSPS) is 11.7. The van der Waals surface area contributed by atoms with E-state index in [4.69, 9.17) is 0 Å². The third kappa shape index (κ3) is 9.05. The van der Waals surface area contributed by atoms with Gasteiger partial charge in [0.1, 0.15) is 10.9 Å². The number of aryl methyl sites for hydroxylation is 1. The zero-order valence-corrected chi connectivity index (χ0v) is 28.0. The van der Waals surface area contributed by atoms with Crippen LogP contribution in [0.15, 0.2) is 142 Å². The van der Waals surface area contributed by atoms with Crippen LogP contribution in [0.1, 0.15) is 32.3 Å². The summed E-state index contributed by atoms with van der Waals surface area (Å²) >= 11 is 4.73. The average molecular weight is 722 g/mol. The molecule has 0 aromatic heterocycles. The lowest BCUT2D eigenvalue weighted by atomic mass is 10.1. The highest BCUT2D eigenvalue weighted by Gasteiger charge is 2.24. The lowest BCUT2D eigenvalue weighted by molar-refractivity contribution is -0.384. The fourth-order valence-corrected chi connectivity index (χ4v) is 6.06. The van der Waals surface area contributed by atoms with Gasteiger partial charge < -0.3 is 16.0 Å². The number of nitro benzene ring substituents is 1. The number of carbonyl (C=O) groups excluding carboxylic acids is 3. The monoisotopic (exact) mass is 720 g/mol. The van der Waals surface area contributed by atoms with Crippen molar-refractivity contribution >= 4 is 68.6 Å². The van der Waals surface area contributed by atoms with E-state index in [1.54, 1.807) is 73.7 Å². The van der Waals surface area contributed by atoms with Gasteiger partial charge in [-0.25, -0.2) is 0 Å². The van der Waals surface area contributed by atoms with Crippen molar-refractivity contribution in [3.8, 4) is 0 Å². The molecule has 0 radical (unpaired) electrons. The van der Waals surface area contributed by atoms with Gasteiger partial charge in [0.2, 0.25) is 5.91 Å². The number of benzene rings is 5. The number of rotatable bonds is 11. The molecule has 11 heteroatoms. The predicted octanol–water partition coefficient (Wildman–Crippen LogP) is 8.55. The lowest BCUT2D eigenvalue weighted by Crippen LogP contribution is -2.30. The van der Waals surface area contributed by atoms with Crippen LogP contribution in [0.25, 0.3) is 6.08 Å². The zero-order valence-electron chi connectivity index (χ0n) is 25.6. The van der Waals surface area contributed by atoms with Crippen molar-refractivity contribution in [2.75, 3.05) is 10.6 Å². The largest absolute Gasteiger partial charge is 0.324 e. The number of non-ortho nitro benzene ring substituents is 1. The molecule has 0 aliphatic carbocycles. The van der Waals surface area contributed by atoms with Gasteiger partial charge in [-0.15, -0.1) is 11.8 Å². The summed E-state index contributed by atoms with van der Waals surface area (Å²) in [5.41, 5.74) is 3.33. The summed E-state index contributed by atoms with van der Waals surface area (Å²) in [4.78, 5) is 51.6. The van der Waals surface area contributed by atoms with Crippen LogP contribution in [0.4, 0.5) is 17.1 Å². The molecule has 240 valence electrons. The molecular weight excluding hydrogens is 692 g/mol. The zero-order chi connectivity index (χ0) is 34.0. The number of anilines is 2. The molecule has 0 heterocycles. The van der Waals surface area contributed by atoms with Gasteiger partial charge >= 0.3 is 0 Å². The Morgan fingerprint density at radius 2 is 1.50 bits per heavy atom. The number of amides is 3. The Hall–Kier alpha value is -5.52. The first-order chi connectivity index (χ1) is 23.2. The van der Waals surface area contributed by atoms with Gasteiger partial charge in [-0.2, -0.15) is 0 Å². The van der Waals surface area contributed by atoms with Gasteiger partial charge in [-0.3, -0.25) is 24.5 Å². The number of nitro groups is 1. The molecule has 5 aromatic carbocycles. The van der Waals surface area contributed by atoms with E-state index in [0.717, 1.165) is 14.9 Å². The summed E-state index contributed by atoms with van der Waals surface area (Å²) in [6.45, 7) is 1.77. The minimum Gasteiger partial charge on any atom is -0.324 e. The molecule has 5 rings (SSSR count). The molecule has 1 atom stereocenters. The molecule has 0 aliphatic rings. The van der Waals surface area contributed by atoms with E-state index in [0.29, 0.717) is 28.1 Å². The smallest absolute Gasteiger partial charge is 0.272 e. The highest BCUT2D eigenvalue weighted by Crippen LogP contribution is 2.37. The van der Waals surface area contributed by atoms with Crippen LogP contribution in [-0.4, -0.2) is 22.6 Å². The Labute approximate surface area is 289 Å². The van der Waals surface area contributed by atoms with Gasteiger partial charge in [0, 0.05) is 32.8 Å². The molecule has 0 fully saturated rings. The van der Waals surface area contributed by atoms with Crippen LogP contribution in [0, 0.1) is 17.0 Å². The number of nitrogens with one attached hydrogen (secondary N) is 3. The van der Waals surface area contributed by atoms with Crippen LogP contribution in [0.5, 0.6) is 0 Å². The third-order valence-corrected chi connectivity index (χ3v) is 8.84. The van der Waals surface area contributed by atoms with Crippen molar-refractivity contribution in [2.24, 2.45) is 0 Å². The van der Waals surface area contributed by atoms with Crippen molar-refractivity contribution in [1.29, 1.82) is 0 Å². The van der Waals surface area contributed by atoms with Gasteiger partial charge in [-0.05, 0) is 78.2 Å². The summed E-state index contributed by atoms with van der Waals surface area (Å²) in [6.07, 6.45) is 1.59. The Morgan fingerprint density at radius 3 is 2.17 bits per heavy atom. The fraction of sp³-hybridized carbons (Fsp3) is 0.0541. The molecule has 3 amide bonds. The molecule has 0 bridgehead atoms. The van der Waals surface area contributed by atoms with E-state index in [-0.39, 0.29) is 17.3 Å². The summed E-state index contributed by atoms with van der Waals surface area (Å²) in [7, 11) is 0. The van der Waals surface area contributed by atoms with E-state index in [1.807, 2.05) is 54.6 Å². The van der Waals surface area contributed by atoms with E-state index < -0.39 is 22.0 Å². The SMILES string of the molecule is Cc1ccc([N+](=O)[O-])cc1NC(=O)C(Sc1ccc(NC(=O)/C(=C/c2cccc(Br)c2)NC(=O)c2ccccc2)cc1)c1ccccc1. The maximum Gasteiger partial charge on any atom is 0.272 e. The number of hydrogen-bond acceptors (Lipinski definition) is 6. The van der Waals surface area contributed by atoms with E-state index >= 15 is 0 Å². The second kappa shape index (κ2) is 15.9. The maximum absolute atomic E-state index is 13.6. The summed E-state index contributed by atoms with van der Waals surface area (Å²) < 4.78 is 0.821. The van der Waals surface area contributed by atoms with Gasteiger partial charge in [0.05, 0.1) is 10.6 Å². The van der Waals surface area contributed by atoms with Gasteiger partial charge in [-0.1, -0.05) is 82.7 Å². The van der Waals surface area contributed by atoms with Crippen molar-refractivity contribution in [1.82, 2.24) is 5.32 Å². The molecule has 48 heavy (non-hydrogen) atoms. The van der Waals surface area contributed by atoms with Gasteiger partial charge in [0.25, 0.3) is 17.5 Å². The standard InChI is InChI=1S/C37H29BrN4O5S/c1-24-15-18-30(42(46)47)23-32(24)40-37(45)34(26-10-4-2-5-11-26)48-31-19-16-29(17-20-31)39-36(44)33(22-25-9-8-14-28(38)21-25)41-35(43)27-12-6-3-7-13-27/h2-23,34H,1H3,(H,39,44)(H,40,45)(H,41,43)/b33-22-.